The Morgan fingerprint density at radius 1 is 0.750 bits per heavy atom. The second-order valence-corrected chi connectivity index (χ2v) is 9.82. The van der Waals surface area contributed by atoms with Gasteiger partial charge >= 0.3 is 0 Å². The molecule has 0 aliphatic carbocycles. The molecule has 6 aromatic heterocycles. The molecule has 0 unspecified atom stereocenters. The van der Waals surface area contributed by atoms with E-state index in [1.54, 1.807) is 46.0 Å². The normalized spacial score (nSPS) is 10.9. The molecule has 0 aliphatic heterocycles. The monoisotopic (exact) mass is 590 g/mol. The summed E-state index contributed by atoms with van der Waals surface area (Å²) in [6.45, 7) is 3.99. The van der Waals surface area contributed by atoms with Gasteiger partial charge in [0.05, 0.1) is 0 Å². The molecule has 0 fully saturated rings. The summed E-state index contributed by atoms with van der Waals surface area (Å²) < 4.78 is 30.8. The van der Waals surface area contributed by atoms with Crippen LogP contribution in [0.3, 0.4) is 0 Å². The van der Waals surface area contributed by atoms with Gasteiger partial charge < -0.3 is 11.1 Å². The standard InChI is InChI=1S/C19H13F2N5O.C12H11N5/c1-11-7-17-23-10-24-26(17)9-13(11)12-5-6-16(22-8-12)25-19(27)18-14(20)3-2-4-15(18)21;1-8-4-12-15-7-16-17(12)6-10(8)9-2-3-11(13)14-5-9/h2-10H,1H3,(H,22,25,27);2-7H,1H3,(H2,13,14). The predicted molar refractivity (Wildman–Crippen MR) is 161 cm³/mol. The molecular formula is C31H24F2N10O. The van der Waals surface area contributed by atoms with Gasteiger partial charge in [0.25, 0.3) is 5.91 Å². The zero-order valence-corrected chi connectivity index (χ0v) is 23.5. The van der Waals surface area contributed by atoms with E-state index in [2.05, 4.69) is 35.5 Å². The highest BCUT2D eigenvalue weighted by atomic mass is 19.1. The van der Waals surface area contributed by atoms with Gasteiger partial charge in [-0.3, -0.25) is 4.79 Å². The molecule has 13 heteroatoms. The number of anilines is 2. The van der Waals surface area contributed by atoms with E-state index in [4.69, 9.17) is 5.73 Å². The molecule has 3 N–H and O–H groups in total. The minimum atomic E-state index is -0.930. The zero-order valence-electron chi connectivity index (χ0n) is 23.5. The lowest BCUT2D eigenvalue weighted by molar-refractivity contribution is 0.101. The van der Waals surface area contributed by atoms with Gasteiger partial charge in [0.1, 0.15) is 41.5 Å². The Morgan fingerprint density at radius 2 is 1.30 bits per heavy atom. The smallest absolute Gasteiger partial charge is 0.262 e. The van der Waals surface area contributed by atoms with Gasteiger partial charge in [0, 0.05) is 47.0 Å². The highest BCUT2D eigenvalue weighted by Gasteiger charge is 2.17. The molecule has 0 bridgehead atoms. The van der Waals surface area contributed by atoms with Crippen molar-refractivity contribution in [2.24, 2.45) is 0 Å². The third kappa shape index (κ3) is 5.66. The molecular weight excluding hydrogens is 566 g/mol. The molecule has 0 spiro atoms. The van der Waals surface area contributed by atoms with Gasteiger partial charge in [0.2, 0.25) is 0 Å². The number of nitrogens with two attached hydrogens (primary N) is 1. The van der Waals surface area contributed by atoms with Crippen LogP contribution in [0.25, 0.3) is 33.5 Å². The number of rotatable bonds is 4. The predicted octanol–water partition coefficient (Wildman–Crippen LogP) is 5.31. The van der Waals surface area contributed by atoms with Crippen molar-refractivity contribution < 1.29 is 13.6 Å². The van der Waals surface area contributed by atoms with Gasteiger partial charge in [-0.2, -0.15) is 10.2 Å². The minimum Gasteiger partial charge on any atom is -0.384 e. The highest BCUT2D eigenvalue weighted by Crippen LogP contribution is 2.25. The van der Waals surface area contributed by atoms with E-state index in [0.29, 0.717) is 5.82 Å². The number of carbonyl (C=O) groups is 1. The third-order valence-electron chi connectivity index (χ3n) is 6.85. The molecule has 7 aromatic rings. The minimum absolute atomic E-state index is 0.186. The Morgan fingerprint density at radius 3 is 1.80 bits per heavy atom. The van der Waals surface area contributed by atoms with Gasteiger partial charge in [-0.15, -0.1) is 0 Å². The van der Waals surface area contributed by atoms with E-state index in [0.717, 1.165) is 56.8 Å². The summed E-state index contributed by atoms with van der Waals surface area (Å²) in [5.74, 6) is -2.05. The summed E-state index contributed by atoms with van der Waals surface area (Å²) in [5, 5.41) is 10.6. The molecule has 7 rings (SSSR count). The van der Waals surface area contributed by atoms with Crippen LogP contribution in [0, 0.1) is 25.5 Å². The Kier molecular flexibility index (Phi) is 7.42. The number of benzene rings is 1. The molecule has 0 saturated carbocycles. The number of carbonyl (C=O) groups excluding carboxylic acids is 1. The molecule has 0 atom stereocenters. The van der Waals surface area contributed by atoms with Gasteiger partial charge in [0.15, 0.2) is 11.3 Å². The fraction of sp³-hybridized carbons (Fsp3) is 0.0645. The van der Waals surface area contributed by atoms with Gasteiger partial charge in [-0.05, 0) is 73.5 Å². The molecule has 0 radical (unpaired) electrons. The maximum Gasteiger partial charge on any atom is 0.262 e. The van der Waals surface area contributed by atoms with Crippen molar-refractivity contribution in [2.75, 3.05) is 11.1 Å². The first-order chi connectivity index (χ1) is 21.3. The Balaban J connectivity index is 0.000000173. The third-order valence-corrected chi connectivity index (χ3v) is 6.85. The highest BCUT2D eigenvalue weighted by molar-refractivity contribution is 6.04. The Hall–Kier alpha value is -6.11. The number of nitrogens with one attached hydrogen (secondary N) is 1. The van der Waals surface area contributed by atoms with Crippen LogP contribution in [0.2, 0.25) is 0 Å². The molecule has 1 aromatic carbocycles. The largest absolute Gasteiger partial charge is 0.384 e. The van der Waals surface area contributed by atoms with Crippen molar-refractivity contribution in [3.63, 3.8) is 0 Å². The fourth-order valence-corrected chi connectivity index (χ4v) is 4.60. The number of fused-ring (bicyclic) bond motifs is 2. The number of aromatic nitrogens is 8. The second-order valence-electron chi connectivity index (χ2n) is 9.82. The van der Waals surface area contributed by atoms with E-state index in [1.807, 2.05) is 44.4 Å². The maximum atomic E-state index is 13.7. The quantitative estimate of drug-likeness (QED) is 0.281. The van der Waals surface area contributed by atoms with Crippen LogP contribution in [-0.4, -0.2) is 45.1 Å². The van der Waals surface area contributed by atoms with Crippen molar-refractivity contribution in [3.05, 3.63) is 120 Å². The molecule has 0 aliphatic rings. The van der Waals surface area contributed by atoms with E-state index in [-0.39, 0.29) is 5.82 Å². The topological polar surface area (TPSA) is 141 Å². The van der Waals surface area contributed by atoms with Gasteiger partial charge in [-0.25, -0.2) is 37.7 Å². The Bertz CT molecular complexity index is 2100. The van der Waals surface area contributed by atoms with Crippen LogP contribution in [0.4, 0.5) is 20.4 Å². The lowest BCUT2D eigenvalue weighted by Crippen LogP contribution is -2.16. The summed E-state index contributed by atoms with van der Waals surface area (Å²) in [7, 11) is 0. The molecule has 0 saturated heterocycles. The molecule has 1 amide bonds. The van der Waals surface area contributed by atoms with Crippen LogP contribution in [0.5, 0.6) is 0 Å². The summed E-state index contributed by atoms with van der Waals surface area (Å²) in [6.07, 6.45) is 10.1. The first-order valence-electron chi connectivity index (χ1n) is 13.3. The number of amides is 1. The Labute approximate surface area is 249 Å². The van der Waals surface area contributed by atoms with Crippen LogP contribution in [0.15, 0.2) is 92.0 Å². The van der Waals surface area contributed by atoms with Crippen molar-refractivity contribution in [1.82, 2.24) is 39.2 Å². The van der Waals surface area contributed by atoms with E-state index >= 15 is 0 Å². The van der Waals surface area contributed by atoms with Gasteiger partial charge in [-0.1, -0.05) is 6.07 Å². The first-order valence-corrected chi connectivity index (χ1v) is 13.3. The van der Waals surface area contributed by atoms with E-state index in [1.165, 1.54) is 12.4 Å². The molecule has 11 nitrogen and oxygen atoms in total. The summed E-state index contributed by atoms with van der Waals surface area (Å²) in [6, 6.07) is 14.2. The molecule has 218 valence electrons. The number of hydrogen-bond donors (Lipinski definition) is 2. The number of pyridine rings is 4. The lowest BCUT2D eigenvalue weighted by atomic mass is 10.1. The fourth-order valence-electron chi connectivity index (χ4n) is 4.60. The number of nitrogens with zero attached hydrogens (tertiary/aromatic N) is 8. The molecule has 44 heavy (non-hydrogen) atoms. The summed E-state index contributed by atoms with van der Waals surface area (Å²) in [4.78, 5) is 28.7. The molecule has 6 heterocycles. The average Bonchev–Trinajstić information content (AvgIpc) is 3.66. The number of nitrogen functional groups attached to an aromatic ring is 1. The average molecular weight is 591 g/mol. The van der Waals surface area contributed by atoms with Crippen molar-refractivity contribution in [2.45, 2.75) is 13.8 Å². The van der Waals surface area contributed by atoms with Crippen LogP contribution in [0.1, 0.15) is 21.5 Å². The van der Waals surface area contributed by atoms with E-state index in [9.17, 15) is 13.6 Å². The number of aryl methyl sites for hydroxylation is 2. The van der Waals surface area contributed by atoms with Crippen LogP contribution < -0.4 is 11.1 Å². The van der Waals surface area contributed by atoms with Crippen molar-refractivity contribution >= 4 is 28.8 Å². The number of hydrogen-bond acceptors (Lipinski definition) is 8. The second kappa shape index (κ2) is 11.6. The number of halogens is 2. The zero-order chi connectivity index (χ0) is 30.8. The summed E-state index contributed by atoms with van der Waals surface area (Å²) >= 11 is 0. The van der Waals surface area contributed by atoms with E-state index < -0.39 is 23.1 Å². The van der Waals surface area contributed by atoms with Crippen LogP contribution in [-0.2, 0) is 0 Å². The van der Waals surface area contributed by atoms with Crippen LogP contribution >= 0.6 is 0 Å². The van der Waals surface area contributed by atoms with Crippen molar-refractivity contribution in [1.29, 1.82) is 0 Å². The SMILES string of the molecule is Cc1cc2ncnn2cc1-c1ccc(N)nc1.Cc1cc2ncnn2cc1-c1ccc(NC(=O)c2c(F)cccc2F)nc1. The first kappa shape index (κ1) is 28.0. The lowest BCUT2D eigenvalue weighted by Gasteiger charge is -2.09. The maximum absolute atomic E-state index is 13.7. The van der Waals surface area contributed by atoms with Crippen molar-refractivity contribution in [3.8, 4) is 22.3 Å². The summed E-state index contributed by atoms with van der Waals surface area (Å²) in [5.41, 5.74) is 12.4.